The molecule has 3 aliphatic heterocycles. The molecule has 2 bridgehead atoms. The van der Waals surface area contributed by atoms with Crippen molar-refractivity contribution in [1.29, 1.82) is 0 Å². The Hall–Kier alpha value is -0.860. The van der Waals surface area contributed by atoms with Gasteiger partial charge in [0.05, 0.1) is 0 Å². The van der Waals surface area contributed by atoms with Crippen LogP contribution >= 0.6 is 24.0 Å². The van der Waals surface area contributed by atoms with Crippen molar-refractivity contribution in [2.45, 2.75) is 25.9 Å². The molecule has 134 valence electrons. The van der Waals surface area contributed by atoms with E-state index in [1.54, 1.807) is 0 Å². The molecule has 0 saturated carbocycles. The Labute approximate surface area is 162 Å². The maximum absolute atomic E-state index is 4.37. The van der Waals surface area contributed by atoms with Gasteiger partial charge < -0.3 is 10.6 Å². The summed E-state index contributed by atoms with van der Waals surface area (Å²) in [6, 6.07) is 9.22. The lowest BCUT2D eigenvalue weighted by molar-refractivity contribution is 0.0154. The summed E-state index contributed by atoms with van der Waals surface area (Å²) >= 11 is 0. The van der Waals surface area contributed by atoms with E-state index >= 15 is 0 Å². The van der Waals surface area contributed by atoms with Crippen molar-refractivity contribution in [3.63, 3.8) is 0 Å². The average Bonchev–Trinajstić information content (AvgIpc) is 2.63. The van der Waals surface area contributed by atoms with Gasteiger partial charge in [-0.2, -0.15) is 0 Å². The first-order valence-corrected chi connectivity index (χ1v) is 8.78. The van der Waals surface area contributed by atoms with Gasteiger partial charge in [0.15, 0.2) is 5.96 Å². The van der Waals surface area contributed by atoms with E-state index in [1.165, 1.54) is 43.9 Å². The van der Waals surface area contributed by atoms with E-state index in [4.69, 9.17) is 0 Å². The van der Waals surface area contributed by atoms with Gasteiger partial charge in [-0.05, 0) is 17.5 Å². The molecular formula is C18H30IN5. The molecule has 2 N–H and O–H groups in total. The topological polar surface area (TPSA) is 42.9 Å². The van der Waals surface area contributed by atoms with Crippen LogP contribution in [0.15, 0.2) is 29.3 Å². The number of aryl methyl sites for hydroxylation is 1. The Balaban J connectivity index is 0.00000208. The van der Waals surface area contributed by atoms with Crippen LogP contribution in [0, 0.1) is 0 Å². The fourth-order valence-electron chi connectivity index (χ4n) is 3.61. The van der Waals surface area contributed by atoms with E-state index in [-0.39, 0.29) is 24.0 Å². The predicted octanol–water partition coefficient (Wildman–Crippen LogP) is 1.53. The maximum Gasteiger partial charge on any atom is 0.191 e. The number of guanidine groups is 1. The van der Waals surface area contributed by atoms with Gasteiger partial charge in [0.1, 0.15) is 0 Å². The van der Waals surface area contributed by atoms with Crippen molar-refractivity contribution < 1.29 is 0 Å². The van der Waals surface area contributed by atoms with Crippen molar-refractivity contribution in [2.75, 3.05) is 46.3 Å². The van der Waals surface area contributed by atoms with Crippen molar-refractivity contribution in [2.24, 2.45) is 4.99 Å². The third-order valence-electron chi connectivity index (χ3n) is 5.07. The summed E-state index contributed by atoms with van der Waals surface area (Å²) < 4.78 is 0. The van der Waals surface area contributed by atoms with E-state index in [0.29, 0.717) is 6.04 Å². The minimum Gasteiger partial charge on any atom is -0.355 e. The van der Waals surface area contributed by atoms with Crippen molar-refractivity contribution in [3.8, 4) is 0 Å². The summed E-state index contributed by atoms with van der Waals surface area (Å²) in [5.41, 5.74) is 2.75. The predicted molar refractivity (Wildman–Crippen MR) is 111 cm³/mol. The van der Waals surface area contributed by atoms with Crippen LogP contribution in [-0.4, -0.2) is 68.1 Å². The minimum atomic E-state index is 0. The lowest BCUT2D eigenvalue weighted by Crippen LogP contribution is -2.63. The first kappa shape index (κ1) is 19.5. The molecule has 0 aromatic heterocycles. The first-order chi connectivity index (χ1) is 11.3. The van der Waals surface area contributed by atoms with Crippen LogP contribution in [0.25, 0.3) is 0 Å². The summed E-state index contributed by atoms with van der Waals surface area (Å²) in [7, 11) is 1.85. The highest BCUT2D eigenvalue weighted by atomic mass is 127. The molecule has 1 aromatic carbocycles. The van der Waals surface area contributed by atoms with E-state index in [1.807, 2.05) is 7.05 Å². The number of aliphatic imine (C=N–C) groups is 1. The second-order valence-electron chi connectivity index (χ2n) is 6.42. The molecule has 0 spiro atoms. The molecule has 0 amide bonds. The number of benzene rings is 1. The van der Waals surface area contributed by atoms with Crippen LogP contribution in [-0.2, 0) is 13.0 Å². The van der Waals surface area contributed by atoms with Gasteiger partial charge in [-0.3, -0.25) is 14.8 Å². The lowest BCUT2D eigenvalue weighted by atomic mass is 10.1. The second-order valence-corrected chi connectivity index (χ2v) is 6.42. The van der Waals surface area contributed by atoms with Crippen LogP contribution in [0.4, 0.5) is 0 Å². The lowest BCUT2D eigenvalue weighted by Gasteiger charge is -2.47. The quantitative estimate of drug-likeness (QED) is 0.412. The number of hydrogen-bond donors (Lipinski definition) is 2. The minimum absolute atomic E-state index is 0. The molecule has 3 heterocycles. The largest absolute Gasteiger partial charge is 0.355 e. The number of nitrogens with one attached hydrogen (secondary N) is 2. The van der Waals surface area contributed by atoms with E-state index < -0.39 is 0 Å². The zero-order chi connectivity index (χ0) is 16.1. The Kier molecular flexibility index (Phi) is 7.77. The zero-order valence-corrected chi connectivity index (χ0v) is 17.1. The summed E-state index contributed by atoms with van der Waals surface area (Å²) in [6.45, 7) is 10.1. The third-order valence-corrected chi connectivity index (χ3v) is 5.07. The van der Waals surface area contributed by atoms with Crippen LogP contribution in [0.3, 0.4) is 0 Å². The van der Waals surface area contributed by atoms with Crippen molar-refractivity contribution in [1.82, 2.24) is 20.4 Å². The Morgan fingerprint density at radius 2 is 1.83 bits per heavy atom. The van der Waals surface area contributed by atoms with Gasteiger partial charge in [0, 0.05) is 58.9 Å². The summed E-state index contributed by atoms with van der Waals surface area (Å²) in [5, 5.41) is 6.95. The smallest absolute Gasteiger partial charge is 0.191 e. The first-order valence-electron chi connectivity index (χ1n) is 8.78. The average molecular weight is 443 g/mol. The molecule has 1 atom stereocenters. The van der Waals surface area contributed by atoms with Crippen molar-refractivity contribution in [3.05, 3.63) is 35.4 Å². The second kappa shape index (κ2) is 9.58. The van der Waals surface area contributed by atoms with Gasteiger partial charge in [0.25, 0.3) is 0 Å². The van der Waals surface area contributed by atoms with Crippen LogP contribution in [0.2, 0.25) is 0 Å². The highest BCUT2D eigenvalue weighted by Gasteiger charge is 2.31. The molecule has 6 heteroatoms. The number of hydrogen-bond acceptors (Lipinski definition) is 3. The number of rotatable bonds is 5. The SMILES string of the molecule is CCc1ccccc1CNC(=NC)NCC1CN2CCN1CC2.I. The molecule has 1 aromatic rings. The molecular weight excluding hydrogens is 413 g/mol. The van der Waals surface area contributed by atoms with E-state index in [9.17, 15) is 0 Å². The molecule has 24 heavy (non-hydrogen) atoms. The van der Waals surface area contributed by atoms with E-state index in [2.05, 4.69) is 56.6 Å². The van der Waals surface area contributed by atoms with Gasteiger partial charge >= 0.3 is 0 Å². The molecule has 5 nitrogen and oxygen atoms in total. The molecule has 3 saturated heterocycles. The molecule has 3 aliphatic rings. The van der Waals surface area contributed by atoms with Gasteiger partial charge in [0.2, 0.25) is 0 Å². The fraction of sp³-hybridized carbons (Fsp3) is 0.611. The van der Waals surface area contributed by atoms with Crippen LogP contribution in [0.5, 0.6) is 0 Å². The van der Waals surface area contributed by atoms with Crippen LogP contribution < -0.4 is 10.6 Å². The summed E-state index contributed by atoms with van der Waals surface area (Å²) in [6.07, 6.45) is 1.07. The van der Waals surface area contributed by atoms with E-state index in [0.717, 1.165) is 25.5 Å². The monoisotopic (exact) mass is 443 g/mol. The maximum atomic E-state index is 4.37. The molecule has 0 radical (unpaired) electrons. The fourth-order valence-corrected chi connectivity index (χ4v) is 3.61. The molecule has 1 unspecified atom stereocenters. The Morgan fingerprint density at radius 3 is 2.42 bits per heavy atom. The summed E-state index contributed by atoms with van der Waals surface area (Å²) in [5.74, 6) is 0.897. The highest BCUT2D eigenvalue weighted by molar-refractivity contribution is 14.0. The van der Waals surface area contributed by atoms with Gasteiger partial charge in [-0.1, -0.05) is 31.2 Å². The zero-order valence-electron chi connectivity index (χ0n) is 14.8. The Bertz CT molecular complexity index is 540. The van der Waals surface area contributed by atoms with Crippen LogP contribution in [0.1, 0.15) is 18.1 Å². The third kappa shape index (κ3) is 4.83. The van der Waals surface area contributed by atoms with Gasteiger partial charge in [-0.15, -0.1) is 24.0 Å². The number of halogens is 1. The molecule has 0 aliphatic carbocycles. The standard InChI is InChI=1S/C18H29N5.HI/c1-3-15-6-4-5-7-16(15)12-20-18(19-2)21-13-17-14-22-8-10-23(17)11-9-22;/h4-7,17H,3,8-14H2,1-2H3,(H2,19,20,21);1H. The number of nitrogens with zero attached hydrogens (tertiary/aromatic N) is 3. The molecule has 3 fully saturated rings. The highest BCUT2D eigenvalue weighted by Crippen LogP contribution is 2.14. The molecule has 4 rings (SSSR count). The van der Waals surface area contributed by atoms with Crippen molar-refractivity contribution >= 4 is 29.9 Å². The van der Waals surface area contributed by atoms with Gasteiger partial charge in [-0.25, -0.2) is 0 Å². The Morgan fingerprint density at radius 1 is 1.12 bits per heavy atom. The number of piperazine rings is 3. The summed E-state index contributed by atoms with van der Waals surface area (Å²) in [4.78, 5) is 9.54. The normalized spacial score (nSPS) is 25.9. The number of fused-ring (bicyclic) bond motifs is 3.